The highest BCUT2D eigenvalue weighted by Gasteiger charge is 2.37. The van der Waals surface area contributed by atoms with Gasteiger partial charge >= 0.3 is 0 Å². The molecule has 0 fully saturated rings. The number of hydrogen-bond acceptors (Lipinski definition) is 3. The van der Waals surface area contributed by atoms with Crippen LogP contribution in [0.15, 0.2) is 48.0 Å². The van der Waals surface area contributed by atoms with E-state index in [1.165, 1.54) is 4.90 Å². The van der Waals surface area contributed by atoms with Crippen LogP contribution >= 0.6 is 0 Å². The van der Waals surface area contributed by atoms with E-state index < -0.39 is 5.91 Å². The van der Waals surface area contributed by atoms with E-state index >= 15 is 0 Å². The van der Waals surface area contributed by atoms with E-state index in [4.69, 9.17) is 5.73 Å². The minimum atomic E-state index is -0.854. The first-order valence-electron chi connectivity index (χ1n) is 7.41. The van der Waals surface area contributed by atoms with Gasteiger partial charge in [-0.05, 0) is 37.1 Å². The van der Waals surface area contributed by atoms with Gasteiger partial charge in [-0.15, -0.1) is 0 Å². The summed E-state index contributed by atoms with van der Waals surface area (Å²) in [7, 11) is 0. The van der Waals surface area contributed by atoms with E-state index in [1.807, 2.05) is 38.1 Å². The van der Waals surface area contributed by atoms with Crippen LogP contribution < -0.4 is 10.6 Å². The number of aryl methyl sites for hydroxylation is 2. The van der Waals surface area contributed by atoms with E-state index in [0.29, 0.717) is 16.8 Å². The Morgan fingerprint density at radius 2 is 1.79 bits per heavy atom. The Kier molecular flexibility index (Phi) is 3.66. The summed E-state index contributed by atoms with van der Waals surface area (Å²) in [6, 6.07) is 14.4. The molecule has 1 heterocycles. The van der Waals surface area contributed by atoms with Gasteiger partial charge in [0.25, 0.3) is 11.8 Å². The zero-order valence-electron chi connectivity index (χ0n) is 13.3. The number of amides is 2. The highest BCUT2D eigenvalue weighted by Crippen LogP contribution is 2.40. The van der Waals surface area contributed by atoms with Crippen LogP contribution in [-0.4, -0.2) is 11.8 Å². The molecule has 2 N–H and O–H groups in total. The van der Waals surface area contributed by atoms with Gasteiger partial charge in [0, 0.05) is 11.1 Å². The molecule has 0 radical (unpaired) electrons. The maximum atomic E-state index is 12.9. The average molecular weight is 317 g/mol. The van der Waals surface area contributed by atoms with Gasteiger partial charge in [0.1, 0.15) is 11.6 Å². The number of hydrogen-bond donors (Lipinski definition) is 1. The molecule has 1 aliphatic rings. The first-order valence-corrected chi connectivity index (χ1v) is 7.41. The second-order valence-electron chi connectivity index (χ2n) is 5.68. The van der Waals surface area contributed by atoms with Gasteiger partial charge in [-0.1, -0.05) is 30.3 Å². The van der Waals surface area contributed by atoms with Crippen molar-refractivity contribution in [3.05, 3.63) is 70.3 Å². The highest BCUT2D eigenvalue weighted by molar-refractivity contribution is 6.26. The van der Waals surface area contributed by atoms with Crippen molar-refractivity contribution >= 4 is 23.2 Å². The normalized spacial score (nSPS) is 15.0. The van der Waals surface area contributed by atoms with E-state index in [-0.39, 0.29) is 17.2 Å². The quantitative estimate of drug-likeness (QED) is 0.682. The van der Waals surface area contributed by atoms with E-state index in [1.54, 1.807) is 24.3 Å². The second-order valence-corrected chi connectivity index (χ2v) is 5.68. The summed E-state index contributed by atoms with van der Waals surface area (Å²) in [5.74, 6) is -1.13. The topological polar surface area (TPSA) is 87.2 Å². The summed E-state index contributed by atoms with van der Waals surface area (Å²) in [6.45, 7) is 3.79. The maximum Gasteiger partial charge on any atom is 0.263 e. The summed E-state index contributed by atoms with van der Waals surface area (Å²) in [4.78, 5) is 26.1. The lowest BCUT2D eigenvalue weighted by Gasteiger charge is -2.22. The van der Waals surface area contributed by atoms with Crippen molar-refractivity contribution in [1.29, 1.82) is 5.26 Å². The molecule has 5 nitrogen and oxygen atoms in total. The smallest absolute Gasteiger partial charge is 0.263 e. The molecule has 118 valence electrons. The van der Waals surface area contributed by atoms with Crippen LogP contribution in [0.2, 0.25) is 0 Å². The molecule has 0 aromatic heterocycles. The molecule has 5 heteroatoms. The fourth-order valence-electron chi connectivity index (χ4n) is 2.88. The molecule has 24 heavy (non-hydrogen) atoms. The van der Waals surface area contributed by atoms with Crippen molar-refractivity contribution in [2.24, 2.45) is 5.73 Å². The lowest BCUT2D eigenvalue weighted by atomic mass is 10.0. The molecule has 0 aliphatic carbocycles. The minimum Gasteiger partial charge on any atom is -0.365 e. The van der Waals surface area contributed by atoms with Gasteiger partial charge in [0.05, 0.1) is 11.4 Å². The van der Waals surface area contributed by atoms with Crippen molar-refractivity contribution in [2.45, 2.75) is 13.8 Å². The number of fused-ring (bicyclic) bond motifs is 1. The minimum absolute atomic E-state index is 0.228. The van der Waals surface area contributed by atoms with Gasteiger partial charge in [0.2, 0.25) is 0 Å². The van der Waals surface area contributed by atoms with Gasteiger partial charge in [-0.25, -0.2) is 0 Å². The molecular formula is C19H15N3O2. The first-order chi connectivity index (χ1) is 11.5. The van der Waals surface area contributed by atoms with E-state index in [2.05, 4.69) is 0 Å². The number of primary amides is 1. The zero-order chi connectivity index (χ0) is 17.4. The monoisotopic (exact) mass is 317 g/mol. The van der Waals surface area contributed by atoms with Crippen LogP contribution in [0.1, 0.15) is 27.0 Å². The van der Waals surface area contributed by atoms with E-state index in [0.717, 1.165) is 11.1 Å². The molecule has 0 bridgehead atoms. The number of anilines is 1. The third-order valence-electron chi connectivity index (χ3n) is 4.04. The zero-order valence-corrected chi connectivity index (χ0v) is 13.3. The van der Waals surface area contributed by atoms with Crippen LogP contribution in [0.5, 0.6) is 0 Å². The van der Waals surface area contributed by atoms with E-state index in [9.17, 15) is 14.9 Å². The van der Waals surface area contributed by atoms with Crippen molar-refractivity contribution in [1.82, 2.24) is 0 Å². The number of benzene rings is 2. The molecule has 2 aromatic rings. The summed E-state index contributed by atoms with van der Waals surface area (Å²) >= 11 is 0. The number of carbonyl (C=O) groups excluding carboxylic acids is 2. The van der Waals surface area contributed by atoms with Crippen LogP contribution in [0.3, 0.4) is 0 Å². The lowest BCUT2D eigenvalue weighted by molar-refractivity contribution is -0.114. The molecule has 0 saturated carbocycles. The predicted octanol–water partition coefficient (Wildman–Crippen LogP) is 2.68. The molecule has 2 aromatic carbocycles. The third kappa shape index (κ3) is 2.25. The Labute approximate surface area is 139 Å². The largest absolute Gasteiger partial charge is 0.365 e. The maximum absolute atomic E-state index is 12.9. The Bertz CT molecular complexity index is 951. The Morgan fingerprint density at radius 3 is 2.42 bits per heavy atom. The van der Waals surface area contributed by atoms with Crippen LogP contribution in [-0.2, 0) is 4.79 Å². The fraction of sp³-hybridized carbons (Fsp3) is 0.105. The number of carbonyl (C=O) groups is 2. The van der Waals surface area contributed by atoms with Crippen molar-refractivity contribution < 1.29 is 9.59 Å². The lowest BCUT2D eigenvalue weighted by Crippen LogP contribution is -2.26. The molecule has 2 amide bonds. The van der Waals surface area contributed by atoms with Crippen molar-refractivity contribution in [3.8, 4) is 6.07 Å². The fourth-order valence-corrected chi connectivity index (χ4v) is 2.88. The molecule has 0 atom stereocenters. The Morgan fingerprint density at radius 1 is 1.12 bits per heavy atom. The second kappa shape index (κ2) is 5.67. The summed E-state index contributed by atoms with van der Waals surface area (Å²) in [5.41, 5.74) is 8.86. The highest BCUT2D eigenvalue weighted by atomic mass is 16.2. The first kappa shape index (κ1) is 15.5. The van der Waals surface area contributed by atoms with Crippen molar-refractivity contribution in [2.75, 3.05) is 4.90 Å². The van der Waals surface area contributed by atoms with Gasteiger partial charge in [-0.2, -0.15) is 5.26 Å². The van der Waals surface area contributed by atoms with Crippen LogP contribution in [0.4, 0.5) is 5.69 Å². The molecule has 0 saturated heterocycles. The molecule has 3 rings (SSSR count). The summed E-state index contributed by atoms with van der Waals surface area (Å²) in [5, 5.41) is 9.41. The standard InChI is InChI=1S/C19H15N3O2/c1-11-7-8-12(2)16(9-11)22-17(15(10-20)18(21)23)13-5-3-4-6-14(13)19(22)24/h3-9H,1-2H3,(H2,21,23)/b17-15+. The predicted molar refractivity (Wildman–Crippen MR) is 90.9 cm³/mol. The summed E-state index contributed by atoms with van der Waals surface area (Å²) < 4.78 is 0. The molecule has 0 spiro atoms. The number of rotatable bonds is 2. The van der Waals surface area contributed by atoms with Crippen LogP contribution in [0, 0.1) is 25.2 Å². The van der Waals surface area contributed by atoms with Crippen LogP contribution in [0.25, 0.3) is 5.70 Å². The molecular weight excluding hydrogens is 302 g/mol. The molecule has 1 aliphatic heterocycles. The molecule has 0 unspecified atom stereocenters. The number of nitriles is 1. The Hall–Kier alpha value is -3.39. The van der Waals surface area contributed by atoms with Gasteiger partial charge < -0.3 is 5.73 Å². The Balaban J connectivity index is 2.37. The van der Waals surface area contributed by atoms with Gasteiger partial charge in [-0.3, -0.25) is 14.5 Å². The van der Waals surface area contributed by atoms with Crippen molar-refractivity contribution in [3.63, 3.8) is 0 Å². The third-order valence-corrected chi connectivity index (χ3v) is 4.04. The summed E-state index contributed by atoms with van der Waals surface area (Å²) in [6.07, 6.45) is 0. The van der Waals surface area contributed by atoms with Gasteiger partial charge in [0.15, 0.2) is 0 Å². The number of nitrogens with zero attached hydrogens (tertiary/aromatic N) is 2. The number of nitrogens with two attached hydrogens (primary N) is 1. The SMILES string of the molecule is Cc1ccc(C)c(N2C(=O)c3ccccc3/C2=C(/C#N)C(N)=O)c1. The average Bonchev–Trinajstić information content (AvgIpc) is 2.84.